The van der Waals surface area contributed by atoms with Crippen LogP contribution in [-0.2, 0) is 11.8 Å². The standard InChI is InChI=1S/C22H22FN5O4/c1-26-9-8-24-21(26)20(15-2-5-17(23)6-3-15)25-22(29)16-4-7-18(19(14-16)28(30)31)27-10-12-32-13-11-27/h2-9,14,20H,10-13H2,1H3,(H,25,29). The van der Waals surface area contributed by atoms with E-state index in [-0.39, 0.29) is 11.3 Å². The van der Waals surface area contributed by atoms with Crippen LogP contribution in [0.3, 0.4) is 0 Å². The van der Waals surface area contributed by atoms with E-state index in [0.717, 1.165) is 0 Å². The first kappa shape index (κ1) is 21.4. The molecule has 0 aliphatic carbocycles. The first-order chi connectivity index (χ1) is 15.4. The van der Waals surface area contributed by atoms with Crippen molar-refractivity contribution >= 4 is 17.3 Å². The quantitative estimate of drug-likeness (QED) is 0.468. The number of nitro groups is 1. The smallest absolute Gasteiger partial charge is 0.293 e. The fraction of sp³-hybridized carbons (Fsp3) is 0.273. The Bertz CT molecular complexity index is 1130. The maximum Gasteiger partial charge on any atom is 0.293 e. The van der Waals surface area contributed by atoms with Crippen molar-refractivity contribution in [3.8, 4) is 0 Å². The molecule has 1 unspecified atom stereocenters. The van der Waals surface area contributed by atoms with Crippen molar-refractivity contribution in [2.75, 3.05) is 31.2 Å². The number of aromatic nitrogens is 2. The number of nitrogens with zero attached hydrogens (tertiary/aromatic N) is 4. The number of morpholine rings is 1. The third-order valence-electron chi connectivity index (χ3n) is 5.38. The van der Waals surface area contributed by atoms with Gasteiger partial charge in [-0.15, -0.1) is 0 Å². The van der Waals surface area contributed by atoms with E-state index in [2.05, 4.69) is 10.3 Å². The number of hydrogen-bond acceptors (Lipinski definition) is 6. The van der Waals surface area contributed by atoms with Gasteiger partial charge in [0, 0.05) is 44.2 Å². The van der Waals surface area contributed by atoms with Gasteiger partial charge in [-0.3, -0.25) is 14.9 Å². The lowest BCUT2D eigenvalue weighted by molar-refractivity contribution is -0.384. The summed E-state index contributed by atoms with van der Waals surface area (Å²) in [4.78, 5) is 30.5. The van der Waals surface area contributed by atoms with E-state index < -0.39 is 22.7 Å². The average molecular weight is 439 g/mol. The predicted molar refractivity (Wildman–Crippen MR) is 115 cm³/mol. The summed E-state index contributed by atoms with van der Waals surface area (Å²) in [7, 11) is 1.78. The molecule has 2 heterocycles. The van der Waals surface area contributed by atoms with Crippen LogP contribution in [0.4, 0.5) is 15.8 Å². The van der Waals surface area contributed by atoms with E-state index in [1.807, 2.05) is 4.90 Å². The van der Waals surface area contributed by atoms with Gasteiger partial charge in [0.1, 0.15) is 23.4 Å². The number of imidazole rings is 1. The van der Waals surface area contributed by atoms with Crippen molar-refractivity contribution in [2.45, 2.75) is 6.04 Å². The van der Waals surface area contributed by atoms with Crippen molar-refractivity contribution in [2.24, 2.45) is 7.05 Å². The minimum absolute atomic E-state index is 0.144. The van der Waals surface area contributed by atoms with Crippen molar-refractivity contribution in [1.29, 1.82) is 0 Å². The molecule has 0 saturated carbocycles. The van der Waals surface area contributed by atoms with Gasteiger partial charge in [0.2, 0.25) is 0 Å². The third kappa shape index (κ3) is 4.45. The summed E-state index contributed by atoms with van der Waals surface area (Å²) in [6, 6.07) is 9.51. The Morgan fingerprint density at radius 3 is 2.56 bits per heavy atom. The van der Waals surface area contributed by atoms with Gasteiger partial charge >= 0.3 is 0 Å². The number of hydrogen-bond donors (Lipinski definition) is 1. The number of benzene rings is 2. The van der Waals surface area contributed by atoms with Crippen LogP contribution in [0, 0.1) is 15.9 Å². The average Bonchev–Trinajstić information content (AvgIpc) is 3.23. The van der Waals surface area contributed by atoms with Gasteiger partial charge < -0.3 is 19.5 Å². The summed E-state index contributed by atoms with van der Waals surface area (Å²) in [5, 5.41) is 14.6. The van der Waals surface area contributed by atoms with Crippen LogP contribution in [0.1, 0.15) is 27.8 Å². The number of carbonyl (C=O) groups excluding carboxylic acids is 1. The highest BCUT2D eigenvalue weighted by atomic mass is 19.1. The van der Waals surface area contributed by atoms with E-state index in [1.54, 1.807) is 48.3 Å². The molecule has 10 heteroatoms. The topological polar surface area (TPSA) is 103 Å². The zero-order valence-electron chi connectivity index (χ0n) is 17.4. The summed E-state index contributed by atoms with van der Waals surface area (Å²) in [5.74, 6) is -0.351. The zero-order chi connectivity index (χ0) is 22.7. The number of amides is 1. The van der Waals surface area contributed by atoms with Crippen LogP contribution in [0.15, 0.2) is 54.9 Å². The largest absolute Gasteiger partial charge is 0.378 e. The molecule has 0 spiro atoms. The molecule has 4 rings (SSSR count). The minimum Gasteiger partial charge on any atom is -0.378 e. The van der Waals surface area contributed by atoms with Gasteiger partial charge in [0.25, 0.3) is 11.6 Å². The number of aryl methyl sites for hydroxylation is 1. The van der Waals surface area contributed by atoms with Gasteiger partial charge in [-0.2, -0.15) is 0 Å². The molecule has 2 aromatic carbocycles. The number of carbonyl (C=O) groups is 1. The molecule has 0 bridgehead atoms. The number of halogens is 1. The van der Waals surface area contributed by atoms with E-state index in [9.17, 15) is 19.3 Å². The predicted octanol–water partition coefficient (Wildman–Crippen LogP) is 2.82. The molecular formula is C22H22FN5O4. The Balaban J connectivity index is 1.64. The fourth-order valence-electron chi connectivity index (χ4n) is 3.70. The minimum atomic E-state index is -0.666. The molecule has 1 N–H and O–H groups in total. The van der Waals surface area contributed by atoms with Gasteiger partial charge in [-0.1, -0.05) is 12.1 Å². The Morgan fingerprint density at radius 1 is 1.22 bits per heavy atom. The highest BCUT2D eigenvalue weighted by molar-refractivity contribution is 5.96. The van der Waals surface area contributed by atoms with Gasteiger partial charge in [-0.25, -0.2) is 9.37 Å². The molecule has 3 aromatic rings. The molecule has 1 saturated heterocycles. The van der Waals surface area contributed by atoms with Crippen LogP contribution < -0.4 is 10.2 Å². The molecule has 1 aliphatic heterocycles. The molecular weight excluding hydrogens is 417 g/mol. The van der Waals surface area contributed by atoms with Crippen LogP contribution >= 0.6 is 0 Å². The third-order valence-corrected chi connectivity index (χ3v) is 5.38. The zero-order valence-corrected chi connectivity index (χ0v) is 17.4. The summed E-state index contributed by atoms with van der Waals surface area (Å²) in [6.07, 6.45) is 3.33. The highest BCUT2D eigenvalue weighted by Crippen LogP contribution is 2.30. The molecule has 1 fully saturated rings. The van der Waals surface area contributed by atoms with Crippen molar-refractivity contribution in [3.05, 3.63) is 87.7 Å². The first-order valence-electron chi connectivity index (χ1n) is 10.1. The second kappa shape index (κ2) is 9.15. The van der Waals surface area contributed by atoms with E-state index in [0.29, 0.717) is 43.4 Å². The Hall–Kier alpha value is -3.79. The second-order valence-electron chi connectivity index (χ2n) is 7.41. The second-order valence-corrected chi connectivity index (χ2v) is 7.41. The molecule has 166 valence electrons. The van der Waals surface area contributed by atoms with Crippen LogP contribution in [-0.4, -0.2) is 46.7 Å². The maximum absolute atomic E-state index is 13.4. The lowest BCUT2D eigenvalue weighted by Gasteiger charge is -2.28. The lowest BCUT2D eigenvalue weighted by atomic mass is 10.0. The summed E-state index contributed by atoms with van der Waals surface area (Å²) < 4.78 is 20.5. The number of ether oxygens (including phenoxy) is 1. The Morgan fingerprint density at radius 2 is 1.94 bits per heavy atom. The number of nitrogens with one attached hydrogen (secondary N) is 1. The van der Waals surface area contributed by atoms with E-state index in [4.69, 9.17) is 4.74 Å². The fourth-order valence-corrected chi connectivity index (χ4v) is 3.70. The molecule has 1 aromatic heterocycles. The monoisotopic (exact) mass is 439 g/mol. The molecule has 9 nitrogen and oxygen atoms in total. The summed E-state index contributed by atoms with van der Waals surface area (Å²) in [6.45, 7) is 2.06. The number of nitro benzene ring substituents is 1. The van der Waals surface area contributed by atoms with Crippen molar-refractivity contribution < 1.29 is 18.8 Å². The van der Waals surface area contributed by atoms with Crippen LogP contribution in [0.2, 0.25) is 0 Å². The number of rotatable bonds is 6. The van der Waals surface area contributed by atoms with Crippen LogP contribution in [0.5, 0.6) is 0 Å². The first-order valence-corrected chi connectivity index (χ1v) is 10.1. The van der Waals surface area contributed by atoms with Crippen molar-refractivity contribution in [3.63, 3.8) is 0 Å². The molecule has 0 radical (unpaired) electrons. The summed E-state index contributed by atoms with van der Waals surface area (Å²) >= 11 is 0. The Kier molecular flexibility index (Phi) is 6.13. The Labute approximate surface area is 183 Å². The SMILES string of the molecule is Cn1ccnc1C(NC(=O)c1ccc(N2CCOCC2)c([N+](=O)[O-])c1)c1ccc(F)cc1. The molecule has 32 heavy (non-hydrogen) atoms. The van der Waals surface area contributed by atoms with Crippen molar-refractivity contribution in [1.82, 2.24) is 14.9 Å². The van der Waals surface area contributed by atoms with Gasteiger partial charge in [0.05, 0.1) is 18.1 Å². The van der Waals surface area contributed by atoms with Gasteiger partial charge in [0.15, 0.2) is 0 Å². The van der Waals surface area contributed by atoms with E-state index >= 15 is 0 Å². The highest BCUT2D eigenvalue weighted by Gasteiger charge is 2.26. The number of anilines is 1. The van der Waals surface area contributed by atoms with Crippen LogP contribution in [0.25, 0.3) is 0 Å². The molecule has 1 aliphatic rings. The van der Waals surface area contributed by atoms with E-state index in [1.165, 1.54) is 18.2 Å². The molecule has 1 amide bonds. The molecule has 1 atom stereocenters. The maximum atomic E-state index is 13.4. The summed E-state index contributed by atoms with van der Waals surface area (Å²) in [5.41, 5.74) is 1.09. The van der Waals surface area contributed by atoms with Gasteiger partial charge in [-0.05, 0) is 29.8 Å². The lowest BCUT2D eigenvalue weighted by Crippen LogP contribution is -2.36. The normalized spacial score (nSPS) is 14.8.